The Morgan fingerprint density at radius 1 is 1.50 bits per heavy atom. The molecule has 1 N–H and O–H groups in total. The minimum atomic E-state index is -0.140. The van der Waals surface area contributed by atoms with Crippen LogP contribution in [0.4, 0.5) is 10.5 Å². The van der Waals surface area contributed by atoms with Crippen molar-refractivity contribution >= 4 is 23.3 Å². The average Bonchev–Trinajstić information content (AvgIpc) is 3.08. The molecule has 1 atom stereocenters. The van der Waals surface area contributed by atoms with Crippen LogP contribution in [0, 0.1) is 5.92 Å². The first-order valence-corrected chi connectivity index (χ1v) is 8.25. The highest BCUT2D eigenvalue weighted by atomic mass is 35.5. The number of nitrogens with one attached hydrogen (secondary N) is 1. The molecule has 3 rings (SSSR count). The van der Waals surface area contributed by atoms with E-state index in [1.165, 1.54) is 6.33 Å². The van der Waals surface area contributed by atoms with E-state index in [0.717, 1.165) is 25.9 Å². The van der Waals surface area contributed by atoms with Gasteiger partial charge in [0.05, 0.1) is 12.8 Å². The number of hydrogen-bond donors (Lipinski definition) is 1. The maximum absolute atomic E-state index is 12.6. The van der Waals surface area contributed by atoms with Gasteiger partial charge in [-0.15, -0.1) is 0 Å². The van der Waals surface area contributed by atoms with Gasteiger partial charge >= 0.3 is 6.03 Å². The maximum atomic E-state index is 12.6. The van der Waals surface area contributed by atoms with Gasteiger partial charge in [-0.1, -0.05) is 11.6 Å². The third-order valence-electron chi connectivity index (χ3n) is 4.12. The molecule has 0 aliphatic carbocycles. The van der Waals surface area contributed by atoms with Crippen LogP contribution >= 0.6 is 11.6 Å². The second-order valence-corrected chi connectivity index (χ2v) is 6.28. The minimum absolute atomic E-state index is 0.140. The molecule has 0 saturated carbocycles. The Labute approximate surface area is 145 Å². The molecule has 0 bridgehead atoms. The zero-order chi connectivity index (χ0) is 16.9. The summed E-state index contributed by atoms with van der Waals surface area (Å²) in [5.41, 5.74) is 0.577. The molecule has 1 aromatic carbocycles. The molecule has 128 valence electrons. The fourth-order valence-electron chi connectivity index (χ4n) is 2.96. The van der Waals surface area contributed by atoms with Crippen molar-refractivity contribution in [3.8, 4) is 5.75 Å². The fourth-order valence-corrected chi connectivity index (χ4v) is 3.13. The van der Waals surface area contributed by atoms with Gasteiger partial charge in [0.15, 0.2) is 0 Å². The highest BCUT2D eigenvalue weighted by molar-refractivity contribution is 6.31. The lowest BCUT2D eigenvalue weighted by Gasteiger charge is -2.32. The summed E-state index contributed by atoms with van der Waals surface area (Å²) in [6, 6.07) is 5.01. The molecule has 24 heavy (non-hydrogen) atoms. The van der Waals surface area contributed by atoms with Crippen LogP contribution in [-0.4, -0.2) is 45.9 Å². The lowest BCUT2D eigenvalue weighted by Crippen LogP contribution is -2.43. The number of piperidine rings is 1. The van der Waals surface area contributed by atoms with Gasteiger partial charge in [0.1, 0.15) is 18.4 Å². The molecule has 0 spiro atoms. The largest absolute Gasteiger partial charge is 0.495 e. The van der Waals surface area contributed by atoms with Crippen molar-refractivity contribution < 1.29 is 9.53 Å². The van der Waals surface area contributed by atoms with E-state index in [4.69, 9.17) is 16.3 Å². The molecule has 1 aliphatic rings. The molecular formula is C16H20ClN5O2. The molecule has 2 amide bonds. The van der Waals surface area contributed by atoms with Crippen molar-refractivity contribution in [1.82, 2.24) is 19.7 Å². The van der Waals surface area contributed by atoms with Gasteiger partial charge in [-0.3, -0.25) is 4.68 Å². The molecule has 2 aromatic rings. The third kappa shape index (κ3) is 3.97. The van der Waals surface area contributed by atoms with Crippen LogP contribution in [0.3, 0.4) is 0 Å². The van der Waals surface area contributed by atoms with Crippen LogP contribution < -0.4 is 10.1 Å². The monoisotopic (exact) mass is 349 g/mol. The van der Waals surface area contributed by atoms with Gasteiger partial charge in [-0.05, 0) is 37.0 Å². The normalized spacial score (nSPS) is 17.6. The van der Waals surface area contributed by atoms with Gasteiger partial charge in [-0.25, -0.2) is 9.78 Å². The van der Waals surface area contributed by atoms with Gasteiger partial charge < -0.3 is 15.0 Å². The predicted molar refractivity (Wildman–Crippen MR) is 91.3 cm³/mol. The number of benzene rings is 1. The lowest BCUT2D eigenvalue weighted by molar-refractivity contribution is 0.168. The number of rotatable bonds is 4. The number of hydrogen-bond acceptors (Lipinski definition) is 4. The summed E-state index contributed by atoms with van der Waals surface area (Å²) in [5.74, 6) is 0.955. The summed E-state index contributed by atoms with van der Waals surface area (Å²) in [6.45, 7) is 2.20. The first-order valence-electron chi connectivity index (χ1n) is 7.87. The van der Waals surface area contributed by atoms with Gasteiger partial charge in [0.25, 0.3) is 0 Å². The van der Waals surface area contributed by atoms with Crippen molar-refractivity contribution in [2.75, 3.05) is 25.5 Å². The zero-order valence-corrected chi connectivity index (χ0v) is 14.2. The summed E-state index contributed by atoms with van der Waals surface area (Å²) >= 11 is 6.01. The highest BCUT2D eigenvalue weighted by Crippen LogP contribution is 2.28. The summed E-state index contributed by atoms with van der Waals surface area (Å²) in [5, 5.41) is 7.58. The number of aromatic nitrogens is 3. The average molecular weight is 350 g/mol. The van der Waals surface area contributed by atoms with Crippen LogP contribution in [-0.2, 0) is 6.54 Å². The SMILES string of the molecule is COc1ccc(Cl)cc1NC(=O)N1CCCC(Cn2cncn2)C1. The Kier molecular flexibility index (Phi) is 5.20. The van der Waals surface area contributed by atoms with E-state index in [9.17, 15) is 4.79 Å². The second-order valence-electron chi connectivity index (χ2n) is 5.85. The van der Waals surface area contributed by atoms with E-state index in [2.05, 4.69) is 15.4 Å². The summed E-state index contributed by atoms with van der Waals surface area (Å²) in [7, 11) is 1.56. The highest BCUT2D eigenvalue weighted by Gasteiger charge is 2.24. The number of ether oxygens (including phenoxy) is 1. The standard InChI is InChI=1S/C16H20ClN5O2/c1-24-15-5-4-13(17)7-14(15)20-16(23)21-6-2-3-12(8-21)9-22-11-18-10-19-22/h4-5,7,10-12H,2-3,6,8-9H2,1H3,(H,20,23). The van der Waals surface area contributed by atoms with E-state index in [1.807, 2.05) is 9.58 Å². The van der Waals surface area contributed by atoms with Crippen molar-refractivity contribution in [2.45, 2.75) is 19.4 Å². The molecule has 1 saturated heterocycles. The Balaban J connectivity index is 1.63. The number of anilines is 1. The number of amides is 2. The molecule has 8 heteroatoms. The van der Waals surface area contributed by atoms with Gasteiger partial charge in [0.2, 0.25) is 0 Å². The fraction of sp³-hybridized carbons (Fsp3) is 0.438. The summed E-state index contributed by atoms with van der Waals surface area (Å²) in [6.07, 6.45) is 5.28. The van der Waals surface area contributed by atoms with Crippen LogP contribution in [0.5, 0.6) is 5.75 Å². The van der Waals surface area contributed by atoms with Crippen molar-refractivity contribution in [2.24, 2.45) is 5.92 Å². The van der Waals surface area contributed by atoms with E-state index in [-0.39, 0.29) is 6.03 Å². The number of likely N-dealkylation sites (tertiary alicyclic amines) is 1. The molecule has 2 heterocycles. The third-order valence-corrected chi connectivity index (χ3v) is 4.36. The Hall–Kier alpha value is -2.28. The number of nitrogens with zero attached hydrogens (tertiary/aromatic N) is 4. The van der Waals surface area contributed by atoms with E-state index in [1.54, 1.807) is 31.6 Å². The zero-order valence-electron chi connectivity index (χ0n) is 13.5. The maximum Gasteiger partial charge on any atom is 0.321 e. The second kappa shape index (κ2) is 7.53. The van der Waals surface area contributed by atoms with Crippen LogP contribution in [0.15, 0.2) is 30.9 Å². The van der Waals surface area contributed by atoms with Crippen LogP contribution in [0.1, 0.15) is 12.8 Å². The summed E-state index contributed by atoms with van der Waals surface area (Å²) < 4.78 is 7.08. The number of urea groups is 1. The number of methoxy groups -OCH3 is 1. The molecule has 1 fully saturated rings. The first-order chi connectivity index (χ1) is 11.7. The Morgan fingerprint density at radius 3 is 3.12 bits per heavy atom. The van der Waals surface area contributed by atoms with E-state index in [0.29, 0.717) is 28.9 Å². The minimum Gasteiger partial charge on any atom is -0.495 e. The quantitative estimate of drug-likeness (QED) is 0.921. The van der Waals surface area contributed by atoms with Crippen LogP contribution in [0.25, 0.3) is 0 Å². The number of halogens is 1. The number of carbonyl (C=O) groups is 1. The van der Waals surface area contributed by atoms with Gasteiger partial charge in [0, 0.05) is 24.7 Å². The topological polar surface area (TPSA) is 72.3 Å². The van der Waals surface area contributed by atoms with E-state index >= 15 is 0 Å². The first kappa shape index (κ1) is 16.6. The number of carbonyl (C=O) groups excluding carboxylic acids is 1. The lowest BCUT2D eigenvalue weighted by atomic mass is 9.98. The van der Waals surface area contributed by atoms with Crippen molar-refractivity contribution in [1.29, 1.82) is 0 Å². The molecular weight excluding hydrogens is 330 g/mol. The molecule has 7 nitrogen and oxygen atoms in total. The predicted octanol–water partition coefficient (Wildman–Crippen LogP) is 2.88. The Bertz CT molecular complexity index is 692. The van der Waals surface area contributed by atoms with Crippen LogP contribution in [0.2, 0.25) is 5.02 Å². The molecule has 0 radical (unpaired) electrons. The van der Waals surface area contributed by atoms with Gasteiger partial charge in [-0.2, -0.15) is 5.10 Å². The molecule has 1 aliphatic heterocycles. The van der Waals surface area contributed by atoms with Crippen molar-refractivity contribution in [3.05, 3.63) is 35.9 Å². The van der Waals surface area contributed by atoms with Crippen molar-refractivity contribution in [3.63, 3.8) is 0 Å². The van der Waals surface area contributed by atoms with E-state index < -0.39 is 0 Å². The molecule has 1 unspecified atom stereocenters. The Morgan fingerprint density at radius 2 is 2.38 bits per heavy atom. The molecule has 1 aromatic heterocycles. The smallest absolute Gasteiger partial charge is 0.321 e. The summed E-state index contributed by atoms with van der Waals surface area (Å²) in [4.78, 5) is 18.4.